The van der Waals surface area contributed by atoms with Gasteiger partial charge in [-0.15, -0.1) is 0 Å². The summed E-state index contributed by atoms with van der Waals surface area (Å²) in [5.74, 6) is 0.739. The zero-order valence-corrected chi connectivity index (χ0v) is 14.5. The number of nitrogens with one attached hydrogen (secondary N) is 1. The quantitative estimate of drug-likeness (QED) is 0.911. The molecule has 2 aromatic carbocycles. The Labute approximate surface area is 147 Å². The van der Waals surface area contributed by atoms with Gasteiger partial charge in [0.05, 0.1) is 13.0 Å². The number of benzene rings is 2. The summed E-state index contributed by atoms with van der Waals surface area (Å²) in [4.78, 5) is 25.7. The van der Waals surface area contributed by atoms with Crippen molar-refractivity contribution in [1.82, 2.24) is 0 Å². The van der Waals surface area contributed by atoms with E-state index >= 15 is 0 Å². The Bertz CT molecular complexity index is 784. The van der Waals surface area contributed by atoms with E-state index in [4.69, 9.17) is 4.74 Å². The normalized spacial score (nSPS) is 12.6. The topological polar surface area (TPSA) is 58.6 Å². The average molecular weight is 338 g/mol. The van der Waals surface area contributed by atoms with Crippen LogP contribution in [0.2, 0.25) is 0 Å². The number of amides is 2. The van der Waals surface area contributed by atoms with Crippen LogP contribution in [-0.2, 0) is 22.4 Å². The third-order valence-corrected chi connectivity index (χ3v) is 4.24. The highest BCUT2D eigenvalue weighted by Gasteiger charge is 2.22. The van der Waals surface area contributed by atoms with Crippen molar-refractivity contribution in [3.63, 3.8) is 0 Å². The summed E-state index contributed by atoms with van der Waals surface area (Å²) in [7, 11) is 0. The first-order valence-corrected chi connectivity index (χ1v) is 8.49. The van der Waals surface area contributed by atoms with Crippen molar-refractivity contribution in [2.75, 3.05) is 23.4 Å². The molecule has 0 spiro atoms. The van der Waals surface area contributed by atoms with E-state index in [-0.39, 0.29) is 11.8 Å². The maximum absolute atomic E-state index is 12.3. The standard InChI is InChI=1S/C20H22N2O3/c1-3-25-18-8-4-15(5-9-18)12-20(24)21-17-7-6-16-10-11-22(14(2)23)19(16)13-17/h4-9,13H,3,10-12H2,1-2H3,(H,21,24). The number of hydrogen-bond acceptors (Lipinski definition) is 3. The molecule has 25 heavy (non-hydrogen) atoms. The number of hydrogen-bond donors (Lipinski definition) is 1. The van der Waals surface area contributed by atoms with Crippen LogP contribution < -0.4 is 15.0 Å². The monoisotopic (exact) mass is 338 g/mol. The first-order chi connectivity index (χ1) is 12.1. The highest BCUT2D eigenvalue weighted by molar-refractivity contribution is 5.97. The third-order valence-electron chi connectivity index (χ3n) is 4.24. The number of carbonyl (C=O) groups is 2. The van der Waals surface area contributed by atoms with E-state index in [1.54, 1.807) is 11.8 Å². The molecule has 1 aliphatic rings. The predicted octanol–water partition coefficient (Wildman–Crippen LogP) is 3.18. The van der Waals surface area contributed by atoms with Crippen LogP contribution in [0.4, 0.5) is 11.4 Å². The van der Waals surface area contributed by atoms with E-state index in [2.05, 4.69) is 5.32 Å². The Morgan fingerprint density at radius 3 is 2.60 bits per heavy atom. The van der Waals surface area contributed by atoms with Crippen LogP contribution in [0.25, 0.3) is 0 Å². The summed E-state index contributed by atoms with van der Waals surface area (Å²) in [5.41, 5.74) is 3.67. The van der Waals surface area contributed by atoms with Crippen molar-refractivity contribution < 1.29 is 14.3 Å². The lowest BCUT2D eigenvalue weighted by molar-refractivity contribution is -0.116. The number of carbonyl (C=O) groups excluding carboxylic acids is 2. The first kappa shape index (κ1) is 17.0. The van der Waals surface area contributed by atoms with Gasteiger partial charge < -0.3 is 15.0 Å². The van der Waals surface area contributed by atoms with Crippen LogP contribution in [0.1, 0.15) is 25.0 Å². The highest BCUT2D eigenvalue weighted by atomic mass is 16.5. The molecular weight excluding hydrogens is 316 g/mol. The lowest BCUT2D eigenvalue weighted by Crippen LogP contribution is -2.25. The molecule has 130 valence electrons. The Morgan fingerprint density at radius 1 is 1.16 bits per heavy atom. The Balaban J connectivity index is 1.65. The van der Waals surface area contributed by atoms with Gasteiger partial charge in [-0.25, -0.2) is 0 Å². The molecule has 0 fully saturated rings. The molecule has 0 unspecified atom stereocenters. The molecule has 1 heterocycles. The fourth-order valence-corrected chi connectivity index (χ4v) is 3.04. The number of rotatable bonds is 5. The molecule has 0 aliphatic carbocycles. The summed E-state index contributed by atoms with van der Waals surface area (Å²) in [6.07, 6.45) is 1.15. The average Bonchev–Trinajstić information content (AvgIpc) is 3.00. The molecule has 0 bridgehead atoms. The minimum atomic E-state index is -0.0866. The molecule has 5 heteroatoms. The molecule has 3 rings (SSSR count). The van der Waals surface area contributed by atoms with Gasteiger partial charge in [0.15, 0.2) is 0 Å². The van der Waals surface area contributed by atoms with Gasteiger partial charge in [-0.1, -0.05) is 18.2 Å². The van der Waals surface area contributed by atoms with Crippen molar-refractivity contribution in [3.05, 3.63) is 53.6 Å². The molecule has 0 radical (unpaired) electrons. The number of fused-ring (bicyclic) bond motifs is 1. The predicted molar refractivity (Wildman–Crippen MR) is 98.1 cm³/mol. The molecule has 5 nitrogen and oxygen atoms in total. The van der Waals surface area contributed by atoms with Crippen molar-refractivity contribution in [1.29, 1.82) is 0 Å². The van der Waals surface area contributed by atoms with Crippen LogP contribution >= 0.6 is 0 Å². The van der Waals surface area contributed by atoms with Gasteiger partial charge in [0.25, 0.3) is 0 Å². The second kappa shape index (κ2) is 7.38. The van der Waals surface area contributed by atoms with E-state index in [0.29, 0.717) is 25.3 Å². The van der Waals surface area contributed by atoms with E-state index < -0.39 is 0 Å². The lowest BCUT2D eigenvalue weighted by Gasteiger charge is -2.16. The van der Waals surface area contributed by atoms with Gasteiger partial charge in [-0.3, -0.25) is 9.59 Å². The van der Waals surface area contributed by atoms with E-state index in [0.717, 1.165) is 29.0 Å². The van der Waals surface area contributed by atoms with Gasteiger partial charge in [0, 0.05) is 24.8 Å². The molecule has 0 saturated carbocycles. The minimum Gasteiger partial charge on any atom is -0.494 e. The van der Waals surface area contributed by atoms with Crippen LogP contribution in [0.3, 0.4) is 0 Å². The van der Waals surface area contributed by atoms with Crippen molar-refractivity contribution in [2.24, 2.45) is 0 Å². The van der Waals surface area contributed by atoms with E-state index in [1.165, 1.54) is 0 Å². The molecule has 1 N–H and O–H groups in total. The minimum absolute atomic E-state index is 0.0246. The summed E-state index contributed by atoms with van der Waals surface area (Å²) in [5, 5.41) is 2.91. The van der Waals surface area contributed by atoms with Gasteiger partial charge >= 0.3 is 0 Å². The SMILES string of the molecule is CCOc1ccc(CC(=O)Nc2ccc3c(c2)N(C(C)=O)CC3)cc1. The zero-order chi connectivity index (χ0) is 17.8. The van der Waals surface area contributed by atoms with Gasteiger partial charge in [-0.05, 0) is 48.7 Å². The molecular formula is C20H22N2O3. The van der Waals surface area contributed by atoms with E-state index in [1.807, 2.05) is 49.4 Å². The number of ether oxygens (including phenoxy) is 1. The van der Waals surface area contributed by atoms with Crippen molar-refractivity contribution in [3.8, 4) is 5.75 Å². The Morgan fingerprint density at radius 2 is 1.92 bits per heavy atom. The Hall–Kier alpha value is -2.82. The van der Waals surface area contributed by atoms with Gasteiger partial charge in [-0.2, -0.15) is 0 Å². The van der Waals surface area contributed by atoms with Gasteiger partial charge in [0.1, 0.15) is 5.75 Å². The van der Waals surface area contributed by atoms with E-state index in [9.17, 15) is 9.59 Å². The van der Waals surface area contributed by atoms with Crippen LogP contribution in [-0.4, -0.2) is 25.0 Å². The van der Waals surface area contributed by atoms with Crippen molar-refractivity contribution in [2.45, 2.75) is 26.7 Å². The summed E-state index contributed by atoms with van der Waals surface area (Å²) < 4.78 is 5.40. The molecule has 1 aliphatic heterocycles. The molecule has 0 saturated heterocycles. The summed E-state index contributed by atoms with van der Waals surface area (Å²) >= 11 is 0. The smallest absolute Gasteiger partial charge is 0.228 e. The van der Waals surface area contributed by atoms with Crippen molar-refractivity contribution >= 4 is 23.2 Å². The van der Waals surface area contributed by atoms with Crippen LogP contribution in [0.15, 0.2) is 42.5 Å². The first-order valence-electron chi connectivity index (χ1n) is 8.49. The third kappa shape index (κ3) is 3.99. The highest BCUT2D eigenvalue weighted by Crippen LogP contribution is 2.31. The zero-order valence-electron chi connectivity index (χ0n) is 14.5. The fraction of sp³-hybridized carbons (Fsp3) is 0.300. The van der Waals surface area contributed by atoms with Crippen LogP contribution in [0, 0.1) is 0 Å². The second-order valence-corrected chi connectivity index (χ2v) is 6.07. The summed E-state index contributed by atoms with van der Waals surface area (Å²) in [6.45, 7) is 4.82. The molecule has 2 amide bonds. The molecule has 0 atom stereocenters. The second-order valence-electron chi connectivity index (χ2n) is 6.07. The maximum atomic E-state index is 12.3. The lowest BCUT2D eigenvalue weighted by atomic mass is 10.1. The maximum Gasteiger partial charge on any atom is 0.228 e. The Kier molecular flexibility index (Phi) is 5.03. The fourth-order valence-electron chi connectivity index (χ4n) is 3.04. The number of nitrogens with zero attached hydrogens (tertiary/aromatic N) is 1. The molecule has 2 aromatic rings. The van der Waals surface area contributed by atoms with Crippen LogP contribution in [0.5, 0.6) is 5.75 Å². The number of anilines is 2. The summed E-state index contributed by atoms with van der Waals surface area (Å²) in [6, 6.07) is 13.3. The molecule has 0 aromatic heterocycles. The largest absolute Gasteiger partial charge is 0.494 e. The van der Waals surface area contributed by atoms with Gasteiger partial charge in [0.2, 0.25) is 11.8 Å².